The molecule has 1 aliphatic heterocycles. The van der Waals surface area contributed by atoms with Gasteiger partial charge >= 0.3 is 0 Å². The van der Waals surface area contributed by atoms with Gasteiger partial charge in [0.05, 0.1) is 11.7 Å². The van der Waals surface area contributed by atoms with E-state index in [1.807, 2.05) is 29.2 Å². The Labute approximate surface area is 139 Å². The zero-order valence-corrected chi connectivity index (χ0v) is 14.0. The first kappa shape index (κ1) is 16.3. The number of para-hydroxylation sites is 1. The molecule has 1 aromatic rings. The first-order valence-corrected chi connectivity index (χ1v) is 8.95. The standard InChI is InChI=1S/C19H28N2O2/c1-14-11-15(12-20)13-21(14)19(22)17-9-5-6-10-18(17)23-16-7-3-2-4-8-16/h5-6,9-10,14-16H,2-4,7-8,11-13,20H2,1H3. The van der Waals surface area contributed by atoms with E-state index < -0.39 is 0 Å². The molecule has 0 spiro atoms. The Balaban J connectivity index is 1.75. The molecule has 23 heavy (non-hydrogen) atoms. The number of carbonyl (C=O) groups excluding carboxylic acids is 1. The van der Waals surface area contributed by atoms with Crippen molar-refractivity contribution in [1.82, 2.24) is 4.90 Å². The van der Waals surface area contributed by atoms with Crippen LogP contribution in [0.5, 0.6) is 5.75 Å². The average molecular weight is 316 g/mol. The summed E-state index contributed by atoms with van der Waals surface area (Å²) in [6, 6.07) is 7.94. The van der Waals surface area contributed by atoms with Crippen LogP contribution in [0.15, 0.2) is 24.3 Å². The molecule has 0 bridgehead atoms. The van der Waals surface area contributed by atoms with Crippen molar-refractivity contribution in [3.8, 4) is 5.75 Å². The van der Waals surface area contributed by atoms with Crippen LogP contribution in [-0.2, 0) is 0 Å². The number of hydrogen-bond donors (Lipinski definition) is 1. The van der Waals surface area contributed by atoms with Crippen molar-refractivity contribution >= 4 is 5.91 Å². The van der Waals surface area contributed by atoms with Gasteiger partial charge in [-0.1, -0.05) is 18.6 Å². The summed E-state index contributed by atoms with van der Waals surface area (Å²) >= 11 is 0. The van der Waals surface area contributed by atoms with Gasteiger partial charge in [-0.2, -0.15) is 0 Å². The molecule has 1 aliphatic carbocycles. The second-order valence-electron chi connectivity index (χ2n) is 7.02. The molecule has 0 aromatic heterocycles. The van der Waals surface area contributed by atoms with Crippen molar-refractivity contribution < 1.29 is 9.53 Å². The first-order valence-electron chi connectivity index (χ1n) is 8.95. The van der Waals surface area contributed by atoms with Gasteiger partial charge in [0.2, 0.25) is 0 Å². The van der Waals surface area contributed by atoms with Crippen LogP contribution in [0.1, 0.15) is 55.8 Å². The summed E-state index contributed by atoms with van der Waals surface area (Å²) < 4.78 is 6.18. The normalized spacial score (nSPS) is 25.6. The molecule has 4 heteroatoms. The average Bonchev–Trinajstić information content (AvgIpc) is 2.97. The quantitative estimate of drug-likeness (QED) is 0.928. The monoisotopic (exact) mass is 316 g/mol. The number of carbonyl (C=O) groups is 1. The van der Waals surface area contributed by atoms with E-state index in [9.17, 15) is 4.79 Å². The number of hydrogen-bond acceptors (Lipinski definition) is 3. The fourth-order valence-corrected chi connectivity index (χ4v) is 3.86. The summed E-state index contributed by atoms with van der Waals surface area (Å²) in [5, 5.41) is 0. The fraction of sp³-hybridized carbons (Fsp3) is 0.632. The minimum Gasteiger partial charge on any atom is -0.490 e. The minimum atomic E-state index is 0.0832. The Kier molecular flexibility index (Phi) is 5.21. The molecule has 1 amide bonds. The first-order chi connectivity index (χ1) is 11.2. The number of rotatable bonds is 4. The van der Waals surface area contributed by atoms with Gasteiger partial charge in [0.25, 0.3) is 5.91 Å². The third-order valence-corrected chi connectivity index (χ3v) is 5.22. The molecule has 2 atom stereocenters. The van der Waals surface area contributed by atoms with Crippen LogP contribution in [0.3, 0.4) is 0 Å². The Bertz CT molecular complexity index is 540. The molecular weight excluding hydrogens is 288 g/mol. The number of ether oxygens (including phenoxy) is 1. The molecule has 1 heterocycles. The van der Waals surface area contributed by atoms with Gasteiger partial charge in [0.15, 0.2) is 0 Å². The second kappa shape index (κ2) is 7.35. The number of amides is 1. The van der Waals surface area contributed by atoms with Gasteiger partial charge in [0, 0.05) is 12.6 Å². The number of likely N-dealkylation sites (tertiary alicyclic amines) is 1. The number of nitrogens with two attached hydrogens (primary N) is 1. The smallest absolute Gasteiger partial charge is 0.257 e. The SMILES string of the molecule is CC1CC(CN)CN1C(=O)c1ccccc1OC1CCCCC1. The Morgan fingerprint density at radius 2 is 2.00 bits per heavy atom. The summed E-state index contributed by atoms with van der Waals surface area (Å²) in [6.07, 6.45) is 7.19. The van der Waals surface area contributed by atoms with Crippen LogP contribution in [0, 0.1) is 5.92 Å². The van der Waals surface area contributed by atoms with Crippen LogP contribution in [0.25, 0.3) is 0 Å². The molecule has 2 aliphatic rings. The van der Waals surface area contributed by atoms with E-state index >= 15 is 0 Å². The van der Waals surface area contributed by atoms with E-state index in [4.69, 9.17) is 10.5 Å². The molecule has 1 saturated carbocycles. The molecule has 2 N–H and O–H groups in total. The van der Waals surface area contributed by atoms with Gasteiger partial charge in [0.1, 0.15) is 5.75 Å². The van der Waals surface area contributed by atoms with E-state index in [-0.39, 0.29) is 18.1 Å². The molecule has 1 aromatic carbocycles. The largest absolute Gasteiger partial charge is 0.490 e. The number of nitrogens with zero attached hydrogens (tertiary/aromatic N) is 1. The van der Waals surface area contributed by atoms with E-state index in [1.54, 1.807) is 0 Å². The highest BCUT2D eigenvalue weighted by molar-refractivity contribution is 5.97. The van der Waals surface area contributed by atoms with Gasteiger partial charge < -0.3 is 15.4 Å². The fourth-order valence-electron chi connectivity index (χ4n) is 3.86. The zero-order chi connectivity index (χ0) is 16.2. The van der Waals surface area contributed by atoms with Gasteiger partial charge in [-0.15, -0.1) is 0 Å². The molecule has 126 valence electrons. The van der Waals surface area contributed by atoms with Crippen LogP contribution in [0.4, 0.5) is 0 Å². The Morgan fingerprint density at radius 3 is 2.70 bits per heavy atom. The third-order valence-electron chi connectivity index (χ3n) is 5.22. The minimum absolute atomic E-state index is 0.0832. The highest BCUT2D eigenvalue weighted by atomic mass is 16.5. The molecule has 2 fully saturated rings. The summed E-state index contributed by atoms with van der Waals surface area (Å²) in [6.45, 7) is 3.51. The van der Waals surface area contributed by atoms with Crippen LogP contribution in [0.2, 0.25) is 0 Å². The topological polar surface area (TPSA) is 55.6 Å². The Hall–Kier alpha value is -1.55. The van der Waals surface area contributed by atoms with E-state index in [0.717, 1.165) is 31.6 Å². The van der Waals surface area contributed by atoms with Crippen molar-refractivity contribution in [3.63, 3.8) is 0 Å². The lowest BCUT2D eigenvalue weighted by Gasteiger charge is -2.26. The van der Waals surface area contributed by atoms with E-state index in [1.165, 1.54) is 19.3 Å². The summed E-state index contributed by atoms with van der Waals surface area (Å²) in [4.78, 5) is 14.9. The van der Waals surface area contributed by atoms with Crippen molar-refractivity contribution in [1.29, 1.82) is 0 Å². The second-order valence-corrected chi connectivity index (χ2v) is 7.02. The number of benzene rings is 1. The molecule has 0 radical (unpaired) electrons. The Morgan fingerprint density at radius 1 is 1.26 bits per heavy atom. The predicted molar refractivity (Wildman–Crippen MR) is 91.6 cm³/mol. The highest BCUT2D eigenvalue weighted by Crippen LogP contribution is 2.30. The van der Waals surface area contributed by atoms with Crippen molar-refractivity contribution in [2.45, 2.75) is 57.6 Å². The van der Waals surface area contributed by atoms with Gasteiger partial charge in [-0.05, 0) is 63.6 Å². The maximum atomic E-state index is 13.0. The van der Waals surface area contributed by atoms with Crippen LogP contribution >= 0.6 is 0 Å². The van der Waals surface area contributed by atoms with Crippen molar-refractivity contribution in [3.05, 3.63) is 29.8 Å². The lowest BCUT2D eigenvalue weighted by Crippen LogP contribution is -2.35. The lowest BCUT2D eigenvalue weighted by atomic mass is 9.97. The van der Waals surface area contributed by atoms with Gasteiger partial charge in [-0.25, -0.2) is 0 Å². The van der Waals surface area contributed by atoms with Crippen LogP contribution < -0.4 is 10.5 Å². The summed E-state index contributed by atoms with van der Waals surface area (Å²) in [5.74, 6) is 1.24. The maximum Gasteiger partial charge on any atom is 0.257 e. The molecule has 3 rings (SSSR count). The van der Waals surface area contributed by atoms with E-state index in [0.29, 0.717) is 18.0 Å². The molecule has 2 unspecified atom stereocenters. The van der Waals surface area contributed by atoms with Crippen molar-refractivity contribution in [2.75, 3.05) is 13.1 Å². The van der Waals surface area contributed by atoms with Gasteiger partial charge in [-0.3, -0.25) is 4.79 Å². The lowest BCUT2D eigenvalue weighted by molar-refractivity contribution is 0.0732. The predicted octanol–water partition coefficient (Wildman–Crippen LogP) is 3.21. The third kappa shape index (κ3) is 3.69. The molecule has 1 saturated heterocycles. The van der Waals surface area contributed by atoms with Crippen LogP contribution in [-0.4, -0.2) is 36.0 Å². The summed E-state index contributed by atoms with van der Waals surface area (Å²) in [7, 11) is 0. The highest BCUT2D eigenvalue weighted by Gasteiger charge is 2.33. The van der Waals surface area contributed by atoms with Crippen molar-refractivity contribution in [2.24, 2.45) is 11.7 Å². The molecule has 4 nitrogen and oxygen atoms in total. The molecular formula is C19H28N2O2. The maximum absolute atomic E-state index is 13.0. The van der Waals surface area contributed by atoms with E-state index in [2.05, 4.69) is 6.92 Å². The summed E-state index contributed by atoms with van der Waals surface area (Å²) in [5.41, 5.74) is 6.48. The zero-order valence-electron chi connectivity index (χ0n) is 14.0.